The number of carbonyl (C=O) groups excluding carboxylic acids is 2. The summed E-state index contributed by atoms with van der Waals surface area (Å²) in [7, 11) is 0. The minimum absolute atomic E-state index is 0.0720. The molecule has 3 atom stereocenters. The summed E-state index contributed by atoms with van der Waals surface area (Å²) < 4.78 is 42.3. The summed E-state index contributed by atoms with van der Waals surface area (Å²) in [5.41, 5.74) is 0.498. The Balaban J connectivity index is 1.57. The predicted molar refractivity (Wildman–Crippen MR) is 150 cm³/mol. The molecule has 0 bridgehead atoms. The van der Waals surface area contributed by atoms with Crippen LogP contribution in [-0.4, -0.2) is 45.8 Å². The van der Waals surface area contributed by atoms with E-state index in [2.05, 4.69) is 15.3 Å². The van der Waals surface area contributed by atoms with Gasteiger partial charge >= 0.3 is 0 Å². The smallest absolute Gasteiger partial charge is 0.250 e. The minimum atomic E-state index is -2.77. The molecule has 2 aromatic carbocycles. The van der Waals surface area contributed by atoms with Crippen molar-refractivity contribution in [1.29, 1.82) is 0 Å². The van der Waals surface area contributed by atoms with Crippen molar-refractivity contribution in [3.05, 3.63) is 83.4 Å². The molecule has 1 N–H and O–H groups in total. The second kappa shape index (κ2) is 12.1. The predicted octanol–water partition coefficient (Wildman–Crippen LogP) is 6.10. The second-order valence-electron chi connectivity index (χ2n) is 10.6. The fourth-order valence-corrected chi connectivity index (χ4v) is 5.98. The van der Waals surface area contributed by atoms with Gasteiger partial charge < -0.3 is 10.2 Å². The minimum Gasteiger partial charge on any atom is -0.351 e. The second-order valence-corrected chi connectivity index (χ2v) is 11.1. The highest BCUT2D eigenvalue weighted by Crippen LogP contribution is 2.38. The van der Waals surface area contributed by atoms with E-state index in [0.717, 1.165) is 0 Å². The van der Waals surface area contributed by atoms with Gasteiger partial charge in [-0.1, -0.05) is 35.9 Å². The maximum absolute atomic E-state index is 14.6. The molecular formula is C30H31ClF3N5O2. The number of anilines is 2. The van der Waals surface area contributed by atoms with Crippen molar-refractivity contribution in [1.82, 2.24) is 15.3 Å². The Kier molecular flexibility index (Phi) is 8.49. The van der Waals surface area contributed by atoms with E-state index in [1.807, 2.05) is 11.8 Å². The number of alkyl halides is 2. The number of hydrogen-bond donors (Lipinski definition) is 1. The lowest BCUT2D eigenvalue weighted by molar-refractivity contribution is -0.128. The molecule has 11 heteroatoms. The van der Waals surface area contributed by atoms with Gasteiger partial charge in [0, 0.05) is 53.6 Å². The van der Waals surface area contributed by atoms with E-state index in [1.54, 1.807) is 48.8 Å². The molecule has 0 spiro atoms. The highest BCUT2D eigenvalue weighted by atomic mass is 35.5. The average molecular weight is 586 g/mol. The number of nitrogens with zero attached hydrogens (tertiary/aromatic N) is 4. The van der Waals surface area contributed by atoms with Crippen LogP contribution < -0.4 is 15.1 Å². The summed E-state index contributed by atoms with van der Waals surface area (Å²) in [4.78, 5) is 40.5. The fraction of sp³-hybridized carbons (Fsp3) is 0.400. The van der Waals surface area contributed by atoms with Crippen molar-refractivity contribution in [2.45, 2.75) is 75.5 Å². The molecule has 3 aromatic rings. The van der Waals surface area contributed by atoms with Crippen LogP contribution in [0.15, 0.2) is 67.0 Å². The summed E-state index contributed by atoms with van der Waals surface area (Å²) in [5, 5.41) is 3.12. The quantitative estimate of drug-likeness (QED) is 0.363. The van der Waals surface area contributed by atoms with Crippen LogP contribution in [0.25, 0.3) is 0 Å². The standard InChI is InChI=1S/C30H31ClF3N5O2/c1-19-10-11-25(38(19)29-35-16-5-17-36-29)28(41)39(22-7-4-6-20(32)18-22)26(23-8-2-3-9-24(23)31)27(40)37-21-12-14-30(33,34)15-13-21/h2-9,16-19,21,25-26H,10-15H2,1H3,(H,37,40)/t19-,25?,26+/m0/s1. The van der Waals surface area contributed by atoms with Crippen LogP contribution in [0.4, 0.5) is 24.8 Å². The molecule has 0 radical (unpaired) electrons. The number of aromatic nitrogens is 2. The number of rotatable bonds is 7. The van der Waals surface area contributed by atoms with Gasteiger partial charge in [0.1, 0.15) is 17.9 Å². The summed E-state index contributed by atoms with van der Waals surface area (Å²) >= 11 is 6.60. The third kappa shape index (κ3) is 6.32. The first-order valence-electron chi connectivity index (χ1n) is 13.7. The zero-order valence-corrected chi connectivity index (χ0v) is 23.3. The maximum atomic E-state index is 14.6. The van der Waals surface area contributed by atoms with Crippen LogP contribution in [0.2, 0.25) is 5.02 Å². The monoisotopic (exact) mass is 585 g/mol. The lowest BCUT2D eigenvalue weighted by atomic mass is 9.91. The Bertz CT molecular complexity index is 1390. The van der Waals surface area contributed by atoms with Crippen LogP contribution in [0.5, 0.6) is 0 Å². The number of carbonyl (C=O) groups is 2. The van der Waals surface area contributed by atoms with Gasteiger partial charge in [0.05, 0.1) is 0 Å². The van der Waals surface area contributed by atoms with E-state index in [9.17, 15) is 22.8 Å². The molecule has 41 heavy (non-hydrogen) atoms. The van der Waals surface area contributed by atoms with Crippen molar-refractivity contribution in [2.24, 2.45) is 0 Å². The topological polar surface area (TPSA) is 78.4 Å². The first-order chi connectivity index (χ1) is 19.6. The molecule has 2 amide bonds. The molecule has 1 aromatic heterocycles. The SMILES string of the molecule is C[C@H]1CCC(C(=O)N(c2cccc(F)c2)[C@@H](C(=O)NC2CCC(F)(F)CC2)c2ccccc2Cl)N1c1ncccn1. The van der Waals surface area contributed by atoms with Crippen LogP contribution in [0.3, 0.4) is 0 Å². The molecular weight excluding hydrogens is 555 g/mol. The normalized spacial score (nSPS) is 21.3. The van der Waals surface area contributed by atoms with Crippen molar-refractivity contribution < 1.29 is 22.8 Å². The van der Waals surface area contributed by atoms with E-state index in [4.69, 9.17) is 11.6 Å². The van der Waals surface area contributed by atoms with Gasteiger partial charge in [0.2, 0.25) is 17.8 Å². The summed E-state index contributed by atoms with van der Waals surface area (Å²) in [6, 6.07) is 11.2. The lowest BCUT2D eigenvalue weighted by Gasteiger charge is -2.37. The van der Waals surface area contributed by atoms with E-state index in [0.29, 0.717) is 24.4 Å². The molecule has 1 saturated carbocycles. The maximum Gasteiger partial charge on any atom is 0.250 e. The van der Waals surface area contributed by atoms with Gasteiger partial charge in [-0.05, 0) is 62.9 Å². The van der Waals surface area contributed by atoms with E-state index >= 15 is 0 Å². The van der Waals surface area contributed by atoms with Crippen molar-refractivity contribution in [3.8, 4) is 0 Å². The average Bonchev–Trinajstić information content (AvgIpc) is 3.34. The van der Waals surface area contributed by atoms with Crippen LogP contribution >= 0.6 is 11.6 Å². The molecule has 7 nitrogen and oxygen atoms in total. The molecule has 2 heterocycles. The van der Waals surface area contributed by atoms with E-state index in [-0.39, 0.29) is 42.4 Å². The molecule has 2 aliphatic rings. The molecule has 2 fully saturated rings. The van der Waals surface area contributed by atoms with Gasteiger partial charge in [-0.2, -0.15) is 0 Å². The Labute approximate surface area is 241 Å². The zero-order valence-electron chi connectivity index (χ0n) is 22.5. The highest BCUT2D eigenvalue weighted by Gasteiger charge is 2.44. The highest BCUT2D eigenvalue weighted by molar-refractivity contribution is 6.31. The Morgan fingerprint density at radius 2 is 1.73 bits per heavy atom. The number of amides is 2. The van der Waals surface area contributed by atoms with Crippen molar-refractivity contribution in [2.75, 3.05) is 9.80 Å². The largest absolute Gasteiger partial charge is 0.351 e. The number of hydrogen-bond acceptors (Lipinski definition) is 5. The van der Waals surface area contributed by atoms with Gasteiger partial charge in [0.15, 0.2) is 0 Å². The number of benzene rings is 2. The third-order valence-electron chi connectivity index (χ3n) is 7.83. The molecule has 1 saturated heterocycles. The number of nitrogens with one attached hydrogen (secondary N) is 1. The Morgan fingerprint density at radius 3 is 2.41 bits per heavy atom. The Morgan fingerprint density at radius 1 is 1.02 bits per heavy atom. The third-order valence-corrected chi connectivity index (χ3v) is 8.17. The van der Waals surface area contributed by atoms with Crippen LogP contribution in [0.1, 0.15) is 57.1 Å². The first kappa shape index (κ1) is 28.9. The molecule has 216 valence electrons. The van der Waals surface area contributed by atoms with Crippen LogP contribution in [-0.2, 0) is 9.59 Å². The van der Waals surface area contributed by atoms with Crippen molar-refractivity contribution >= 4 is 35.1 Å². The van der Waals surface area contributed by atoms with E-state index in [1.165, 1.54) is 23.1 Å². The molecule has 1 unspecified atom stereocenters. The lowest BCUT2D eigenvalue weighted by Crippen LogP contribution is -2.53. The van der Waals surface area contributed by atoms with Crippen LogP contribution in [0, 0.1) is 5.82 Å². The first-order valence-corrected chi connectivity index (χ1v) is 14.1. The summed E-state index contributed by atoms with van der Waals surface area (Å²) in [6.45, 7) is 1.97. The van der Waals surface area contributed by atoms with E-state index < -0.39 is 41.7 Å². The molecule has 1 aliphatic carbocycles. The zero-order chi connectivity index (χ0) is 29.1. The summed E-state index contributed by atoms with van der Waals surface area (Å²) in [6.07, 6.45) is 3.83. The molecule has 1 aliphatic heterocycles. The van der Waals surface area contributed by atoms with Gasteiger partial charge in [0.25, 0.3) is 5.91 Å². The van der Waals surface area contributed by atoms with Gasteiger partial charge in [-0.25, -0.2) is 23.1 Å². The number of halogens is 4. The van der Waals surface area contributed by atoms with Gasteiger partial charge in [-0.3, -0.25) is 14.5 Å². The fourth-order valence-electron chi connectivity index (χ4n) is 5.74. The molecule has 5 rings (SSSR count). The van der Waals surface area contributed by atoms with Crippen molar-refractivity contribution in [3.63, 3.8) is 0 Å². The van der Waals surface area contributed by atoms with Gasteiger partial charge in [-0.15, -0.1) is 0 Å². The Hall–Kier alpha value is -3.66. The summed E-state index contributed by atoms with van der Waals surface area (Å²) in [5.74, 6) is -4.02.